The highest BCUT2D eigenvalue weighted by Gasteiger charge is 2.18. The van der Waals surface area contributed by atoms with Crippen LogP contribution in [0.5, 0.6) is 5.75 Å². The summed E-state index contributed by atoms with van der Waals surface area (Å²) in [5, 5.41) is 3.39. The zero-order chi connectivity index (χ0) is 12.9. The van der Waals surface area contributed by atoms with E-state index in [1.807, 2.05) is 0 Å². The highest BCUT2D eigenvalue weighted by atomic mass is 35.5. The molecule has 0 heterocycles. The number of halogens is 2. The summed E-state index contributed by atoms with van der Waals surface area (Å²) in [6.45, 7) is 8.58. The Morgan fingerprint density at radius 2 is 2.12 bits per heavy atom. The average molecular weight is 260 g/mol. The van der Waals surface area contributed by atoms with E-state index in [-0.39, 0.29) is 10.4 Å². The first-order valence-corrected chi connectivity index (χ1v) is 6.11. The first-order valence-electron chi connectivity index (χ1n) is 5.73. The topological polar surface area (TPSA) is 21.3 Å². The van der Waals surface area contributed by atoms with Crippen molar-refractivity contribution in [1.29, 1.82) is 0 Å². The summed E-state index contributed by atoms with van der Waals surface area (Å²) in [5.74, 6) is 0.0603. The molecule has 0 bridgehead atoms. The van der Waals surface area contributed by atoms with Gasteiger partial charge in [-0.2, -0.15) is 0 Å². The standard InChI is InChI=1S/C13H19ClFNO/c1-4-16-8-13(2,3)9-17-10-5-6-11(14)12(15)7-10/h5-7,16H,4,8-9H2,1-3H3. The monoisotopic (exact) mass is 259 g/mol. The van der Waals surface area contributed by atoms with Crippen molar-refractivity contribution in [3.63, 3.8) is 0 Å². The number of nitrogens with one attached hydrogen (secondary N) is 1. The third-order valence-corrected chi connectivity index (χ3v) is 2.68. The van der Waals surface area contributed by atoms with Crippen LogP contribution in [0.1, 0.15) is 20.8 Å². The van der Waals surface area contributed by atoms with Gasteiger partial charge in [0.15, 0.2) is 0 Å². The van der Waals surface area contributed by atoms with Gasteiger partial charge in [0.05, 0.1) is 11.6 Å². The van der Waals surface area contributed by atoms with Gasteiger partial charge in [0, 0.05) is 18.0 Å². The molecule has 0 aliphatic rings. The molecule has 0 radical (unpaired) electrons. The van der Waals surface area contributed by atoms with Gasteiger partial charge in [-0.1, -0.05) is 32.4 Å². The molecule has 1 rings (SSSR count). The number of hydrogen-bond acceptors (Lipinski definition) is 2. The van der Waals surface area contributed by atoms with Crippen molar-refractivity contribution in [2.45, 2.75) is 20.8 Å². The molecular formula is C13H19ClFNO. The van der Waals surface area contributed by atoms with E-state index in [0.29, 0.717) is 12.4 Å². The minimum absolute atomic E-state index is 0.00607. The molecule has 0 saturated heterocycles. The van der Waals surface area contributed by atoms with Crippen LogP contribution in [0.15, 0.2) is 18.2 Å². The second-order valence-corrected chi connectivity index (χ2v) is 5.22. The summed E-state index contributed by atoms with van der Waals surface area (Å²) in [7, 11) is 0. The molecule has 0 unspecified atom stereocenters. The molecule has 17 heavy (non-hydrogen) atoms. The van der Waals surface area contributed by atoms with Crippen molar-refractivity contribution < 1.29 is 9.13 Å². The van der Waals surface area contributed by atoms with Gasteiger partial charge in [0.2, 0.25) is 0 Å². The Morgan fingerprint density at radius 1 is 1.41 bits per heavy atom. The van der Waals surface area contributed by atoms with Gasteiger partial charge in [-0.3, -0.25) is 0 Å². The van der Waals surface area contributed by atoms with Crippen LogP contribution in [-0.2, 0) is 0 Å². The Morgan fingerprint density at radius 3 is 2.71 bits per heavy atom. The Labute approximate surface area is 107 Å². The maximum atomic E-state index is 13.2. The van der Waals surface area contributed by atoms with Gasteiger partial charge in [0.25, 0.3) is 0 Å². The molecule has 0 fully saturated rings. The molecule has 4 heteroatoms. The molecule has 0 amide bonds. The van der Waals surface area contributed by atoms with E-state index in [9.17, 15) is 4.39 Å². The van der Waals surface area contributed by atoms with E-state index in [2.05, 4.69) is 26.1 Å². The number of rotatable bonds is 6. The molecule has 0 aliphatic heterocycles. The van der Waals surface area contributed by atoms with Gasteiger partial charge in [-0.15, -0.1) is 0 Å². The second-order valence-electron chi connectivity index (χ2n) is 4.81. The summed E-state index contributed by atoms with van der Waals surface area (Å²) < 4.78 is 18.7. The normalized spacial score (nSPS) is 11.6. The van der Waals surface area contributed by atoms with Crippen LogP contribution in [0.2, 0.25) is 5.02 Å². The van der Waals surface area contributed by atoms with Crippen molar-refractivity contribution in [2.75, 3.05) is 19.7 Å². The maximum absolute atomic E-state index is 13.2. The minimum Gasteiger partial charge on any atom is -0.493 e. The van der Waals surface area contributed by atoms with Crippen LogP contribution in [-0.4, -0.2) is 19.7 Å². The van der Waals surface area contributed by atoms with Gasteiger partial charge in [-0.05, 0) is 18.7 Å². The lowest BCUT2D eigenvalue weighted by atomic mass is 9.95. The van der Waals surface area contributed by atoms with Gasteiger partial charge in [-0.25, -0.2) is 4.39 Å². The first-order chi connectivity index (χ1) is 7.94. The average Bonchev–Trinajstić information content (AvgIpc) is 2.28. The van der Waals surface area contributed by atoms with Crippen LogP contribution in [0.3, 0.4) is 0 Å². The molecule has 96 valence electrons. The maximum Gasteiger partial charge on any atom is 0.145 e. The fraction of sp³-hybridized carbons (Fsp3) is 0.538. The molecule has 2 nitrogen and oxygen atoms in total. The van der Waals surface area contributed by atoms with Crippen LogP contribution in [0.4, 0.5) is 4.39 Å². The minimum atomic E-state index is -0.450. The first kappa shape index (κ1) is 14.3. The zero-order valence-electron chi connectivity index (χ0n) is 10.5. The van der Waals surface area contributed by atoms with E-state index >= 15 is 0 Å². The molecule has 0 saturated carbocycles. The quantitative estimate of drug-likeness (QED) is 0.844. The largest absolute Gasteiger partial charge is 0.493 e. The Kier molecular flexibility index (Phi) is 5.22. The van der Waals surface area contributed by atoms with Gasteiger partial charge < -0.3 is 10.1 Å². The van der Waals surface area contributed by atoms with E-state index in [4.69, 9.17) is 16.3 Å². The summed E-state index contributed by atoms with van der Waals surface area (Å²) in [6, 6.07) is 4.49. The van der Waals surface area contributed by atoms with Crippen LogP contribution >= 0.6 is 11.6 Å². The third-order valence-electron chi connectivity index (χ3n) is 2.37. The number of ether oxygens (including phenoxy) is 1. The summed E-state index contributed by atoms with van der Waals surface area (Å²) in [5.41, 5.74) is 0.00607. The fourth-order valence-corrected chi connectivity index (χ4v) is 1.48. The molecule has 0 aliphatic carbocycles. The lowest BCUT2D eigenvalue weighted by molar-refractivity contribution is 0.176. The molecule has 0 aromatic heterocycles. The number of benzene rings is 1. The molecule has 1 aromatic rings. The summed E-state index contributed by atoms with van der Waals surface area (Å²) in [6.07, 6.45) is 0. The van der Waals surface area contributed by atoms with Gasteiger partial charge >= 0.3 is 0 Å². The highest BCUT2D eigenvalue weighted by molar-refractivity contribution is 6.30. The Bertz CT molecular complexity index is 368. The van der Waals surface area contributed by atoms with Crippen LogP contribution in [0.25, 0.3) is 0 Å². The summed E-state index contributed by atoms with van der Waals surface area (Å²) >= 11 is 5.60. The highest BCUT2D eigenvalue weighted by Crippen LogP contribution is 2.22. The Hall–Kier alpha value is -0.800. The fourth-order valence-electron chi connectivity index (χ4n) is 1.36. The smallest absolute Gasteiger partial charge is 0.145 e. The lowest BCUT2D eigenvalue weighted by Gasteiger charge is -2.25. The van der Waals surface area contributed by atoms with E-state index in [0.717, 1.165) is 13.1 Å². The lowest BCUT2D eigenvalue weighted by Crippen LogP contribution is -2.34. The SMILES string of the molecule is CCNCC(C)(C)COc1ccc(Cl)c(F)c1. The van der Waals surface area contributed by atoms with Crippen LogP contribution in [0, 0.1) is 11.2 Å². The Balaban J connectivity index is 2.51. The predicted molar refractivity (Wildman–Crippen MR) is 69.2 cm³/mol. The number of hydrogen-bond donors (Lipinski definition) is 1. The molecule has 0 atom stereocenters. The molecule has 0 spiro atoms. The van der Waals surface area contributed by atoms with Crippen LogP contribution < -0.4 is 10.1 Å². The van der Waals surface area contributed by atoms with Crippen molar-refractivity contribution in [3.05, 3.63) is 29.0 Å². The third kappa shape index (κ3) is 4.92. The predicted octanol–water partition coefficient (Wildman–Crippen LogP) is 3.49. The second kappa shape index (κ2) is 6.22. The van der Waals surface area contributed by atoms with Crippen molar-refractivity contribution in [1.82, 2.24) is 5.32 Å². The van der Waals surface area contributed by atoms with E-state index in [1.165, 1.54) is 12.1 Å². The molecule has 1 aromatic carbocycles. The van der Waals surface area contributed by atoms with Crippen molar-refractivity contribution >= 4 is 11.6 Å². The zero-order valence-corrected chi connectivity index (χ0v) is 11.3. The van der Waals surface area contributed by atoms with E-state index in [1.54, 1.807) is 6.07 Å². The van der Waals surface area contributed by atoms with Crippen molar-refractivity contribution in [3.8, 4) is 5.75 Å². The molecular weight excluding hydrogens is 241 g/mol. The van der Waals surface area contributed by atoms with Crippen molar-refractivity contribution in [2.24, 2.45) is 5.41 Å². The van der Waals surface area contributed by atoms with E-state index < -0.39 is 5.82 Å². The van der Waals surface area contributed by atoms with Gasteiger partial charge in [0.1, 0.15) is 11.6 Å². The molecule has 1 N–H and O–H groups in total. The summed E-state index contributed by atoms with van der Waals surface area (Å²) in [4.78, 5) is 0.